The third-order valence-electron chi connectivity index (χ3n) is 5.85. The maximum atomic E-state index is 14.0. The maximum absolute atomic E-state index is 14.0. The lowest BCUT2D eigenvalue weighted by Crippen LogP contribution is -2.17. The number of halogens is 8. The van der Waals surface area contributed by atoms with Crippen LogP contribution in [0, 0.1) is 17.6 Å². The topological polar surface area (TPSA) is 46.2 Å². The molecule has 1 saturated carbocycles. The molecular formula is C25H15Cl4F4NO2. The molecular weight excluding hydrogens is 564 g/mol. The quantitative estimate of drug-likeness (QED) is 0.175. The third-order valence-corrected chi connectivity index (χ3v) is 7.46. The van der Waals surface area contributed by atoms with E-state index in [1.165, 1.54) is 30.3 Å². The summed E-state index contributed by atoms with van der Waals surface area (Å²) in [6.07, 6.45) is -3.21. The van der Waals surface area contributed by atoms with Crippen molar-refractivity contribution in [2.75, 3.05) is 5.32 Å². The molecule has 0 aromatic heterocycles. The number of rotatable bonds is 7. The van der Waals surface area contributed by atoms with Crippen LogP contribution >= 0.6 is 46.4 Å². The van der Waals surface area contributed by atoms with Crippen molar-refractivity contribution >= 4 is 63.8 Å². The Kier molecular flexibility index (Phi) is 7.58. The summed E-state index contributed by atoms with van der Waals surface area (Å²) >= 11 is 24.6. The first-order valence-corrected chi connectivity index (χ1v) is 11.9. The molecule has 3 aromatic carbocycles. The SMILES string of the molecule is O=C(Cc1ccc(F)cc1F)c1cc(NC(=O)C2C(c3ccc(Cl)c(C(F)F)c3)C2(Cl)Cl)ccc1Cl. The Hall–Kier alpha value is -2.32. The Morgan fingerprint density at radius 3 is 2.31 bits per heavy atom. The molecule has 0 heterocycles. The van der Waals surface area contributed by atoms with Crippen molar-refractivity contribution in [3.8, 4) is 0 Å². The molecule has 0 bridgehead atoms. The van der Waals surface area contributed by atoms with Gasteiger partial charge in [0.1, 0.15) is 16.0 Å². The van der Waals surface area contributed by atoms with Gasteiger partial charge in [-0.2, -0.15) is 0 Å². The van der Waals surface area contributed by atoms with E-state index in [1.807, 2.05) is 0 Å². The molecule has 1 fully saturated rings. The monoisotopic (exact) mass is 577 g/mol. The number of anilines is 1. The van der Waals surface area contributed by atoms with E-state index in [2.05, 4.69) is 5.32 Å². The molecule has 36 heavy (non-hydrogen) atoms. The number of carbonyl (C=O) groups excluding carboxylic acids is 2. The Labute approximate surface area is 223 Å². The molecule has 4 rings (SSSR count). The van der Waals surface area contributed by atoms with Crippen LogP contribution in [0.15, 0.2) is 54.6 Å². The van der Waals surface area contributed by atoms with Crippen molar-refractivity contribution < 1.29 is 27.2 Å². The summed E-state index contributed by atoms with van der Waals surface area (Å²) in [5, 5.41) is 2.54. The number of alkyl halides is 4. The van der Waals surface area contributed by atoms with Gasteiger partial charge < -0.3 is 5.32 Å². The molecule has 3 nitrogen and oxygen atoms in total. The van der Waals surface area contributed by atoms with Gasteiger partial charge in [-0.05, 0) is 47.5 Å². The van der Waals surface area contributed by atoms with Crippen molar-refractivity contribution in [3.63, 3.8) is 0 Å². The molecule has 2 atom stereocenters. The molecule has 1 amide bonds. The lowest BCUT2D eigenvalue weighted by molar-refractivity contribution is -0.117. The van der Waals surface area contributed by atoms with Gasteiger partial charge in [0.05, 0.1) is 10.9 Å². The average molecular weight is 579 g/mol. The van der Waals surface area contributed by atoms with E-state index in [1.54, 1.807) is 0 Å². The summed E-state index contributed by atoms with van der Waals surface area (Å²) in [5.41, 5.74) is 0.100. The first-order chi connectivity index (χ1) is 16.9. The van der Waals surface area contributed by atoms with E-state index in [9.17, 15) is 27.2 Å². The van der Waals surface area contributed by atoms with Crippen LogP contribution in [0.2, 0.25) is 10.0 Å². The minimum atomic E-state index is -2.82. The second-order valence-electron chi connectivity index (χ2n) is 8.23. The van der Waals surface area contributed by atoms with Crippen LogP contribution in [-0.4, -0.2) is 16.0 Å². The molecule has 1 aliphatic carbocycles. The highest BCUT2D eigenvalue weighted by Crippen LogP contribution is 2.65. The van der Waals surface area contributed by atoms with Gasteiger partial charge in [0.25, 0.3) is 6.43 Å². The lowest BCUT2D eigenvalue weighted by Gasteiger charge is -2.10. The molecule has 0 radical (unpaired) electrons. The summed E-state index contributed by atoms with van der Waals surface area (Å²) in [4.78, 5) is 25.7. The molecule has 1 aliphatic rings. The molecule has 3 aromatic rings. The van der Waals surface area contributed by atoms with Crippen molar-refractivity contribution in [1.82, 2.24) is 0 Å². The van der Waals surface area contributed by atoms with E-state index >= 15 is 0 Å². The molecule has 0 spiro atoms. The molecule has 0 saturated heterocycles. The lowest BCUT2D eigenvalue weighted by atomic mass is 10.0. The first-order valence-electron chi connectivity index (χ1n) is 10.4. The van der Waals surface area contributed by atoms with E-state index < -0.39 is 51.5 Å². The fraction of sp³-hybridized carbons (Fsp3) is 0.200. The van der Waals surface area contributed by atoms with E-state index in [0.717, 1.165) is 18.2 Å². The van der Waals surface area contributed by atoms with Gasteiger partial charge in [-0.3, -0.25) is 9.59 Å². The number of Topliss-reactive ketones (excluding diaryl/α,β-unsaturated/α-hetero) is 1. The fourth-order valence-corrected chi connectivity index (χ4v) is 5.21. The van der Waals surface area contributed by atoms with Crippen molar-refractivity contribution in [2.45, 2.75) is 23.1 Å². The summed E-state index contributed by atoms with van der Waals surface area (Å²) in [6.45, 7) is 0. The molecule has 11 heteroatoms. The number of hydrogen-bond donors (Lipinski definition) is 1. The summed E-state index contributed by atoms with van der Waals surface area (Å²) in [5.74, 6) is -4.56. The summed E-state index contributed by atoms with van der Waals surface area (Å²) in [6, 6.07) is 10.9. The van der Waals surface area contributed by atoms with Crippen LogP contribution in [0.5, 0.6) is 0 Å². The number of amides is 1. The molecule has 1 N–H and O–H groups in total. The van der Waals surface area contributed by atoms with Crippen LogP contribution < -0.4 is 5.32 Å². The second-order valence-corrected chi connectivity index (χ2v) is 10.5. The van der Waals surface area contributed by atoms with Gasteiger partial charge in [0.2, 0.25) is 5.91 Å². The van der Waals surface area contributed by atoms with Crippen LogP contribution in [-0.2, 0) is 11.2 Å². The third kappa shape index (κ3) is 5.35. The van der Waals surface area contributed by atoms with Crippen molar-refractivity contribution in [1.29, 1.82) is 0 Å². The predicted octanol–water partition coefficient (Wildman–Crippen LogP) is 8.16. The minimum Gasteiger partial charge on any atom is -0.326 e. The zero-order valence-electron chi connectivity index (χ0n) is 18.0. The number of hydrogen-bond acceptors (Lipinski definition) is 2. The van der Waals surface area contributed by atoms with Crippen molar-refractivity contribution in [2.24, 2.45) is 5.92 Å². The average Bonchev–Trinajstić information content (AvgIpc) is 3.39. The van der Waals surface area contributed by atoms with Crippen LogP contribution in [0.3, 0.4) is 0 Å². The van der Waals surface area contributed by atoms with E-state index in [0.29, 0.717) is 11.6 Å². The normalized spacial score (nSPS) is 18.2. The van der Waals surface area contributed by atoms with Crippen molar-refractivity contribution in [3.05, 3.63) is 98.5 Å². The van der Waals surface area contributed by atoms with E-state index in [4.69, 9.17) is 46.4 Å². The molecule has 0 aliphatic heterocycles. The molecule has 2 unspecified atom stereocenters. The number of carbonyl (C=O) groups is 2. The van der Waals surface area contributed by atoms with E-state index in [-0.39, 0.29) is 33.3 Å². The minimum absolute atomic E-state index is 0.00725. The zero-order valence-corrected chi connectivity index (χ0v) is 21.0. The molecule has 188 valence electrons. The first kappa shape index (κ1) is 26.7. The predicted molar refractivity (Wildman–Crippen MR) is 132 cm³/mol. The van der Waals surface area contributed by atoms with Gasteiger partial charge in [-0.25, -0.2) is 17.6 Å². The van der Waals surface area contributed by atoms with Gasteiger partial charge in [0, 0.05) is 40.2 Å². The number of benzene rings is 3. The van der Waals surface area contributed by atoms with Crippen LogP contribution in [0.25, 0.3) is 0 Å². The highest BCUT2D eigenvalue weighted by molar-refractivity contribution is 6.53. The number of ketones is 1. The van der Waals surface area contributed by atoms with Gasteiger partial charge in [-0.1, -0.05) is 35.3 Å². The van der Waals surface area contributed by atoms with Crippen LogP contribution in [0.4, 0.5) is 23.2 Å². The summed E-state index contributed by atoms with van der Waals surface area (Å²) < 4.78 is 52.0. The highest BCUT2D eigenvalue weighted by Gasteiger charge is 2.67. The van der Waals surface area contributed by atoms with Gasteiger partial charge in [0.15, 0.2) is 5.78 Å². The summed E-state index contributed by atoms with van der Waals surface area (Å²) in [7, 11) is 0. The Balaban J connectivity index is 1.52. The zero-order chi connectivity index (χ0) is 26.4. The Bertz CT molecular complexity index is 1370. The maximum Gasteiger partial charge on any atom is 0.265 e. The second kappa shape index (κ2) is 10.2. The van der Waals surface area contributed by atoms with Gasteiger partial charge >= 0.3 is 0 Å². The Morgan fingerprint density at radius 1 is 0.944 bits per heavy atom. The Morgan fingerprint density at radius 2 is 1.64 bits per heavy atom. The largest absolute Gasteiger partial charge is 0.326 e. The smallest absolute Gasteiger partial charge is 0.265 e. The number of nitrogens with one attached hydrogen (secondary N) is 1. The van der Waals surface area contributed by atoms with Crippen LogP contribution in [0.1, 0.15) is 39.4 Å². The van der Waals surface area contributed by atoms with Gasteiger partial charge in [-0.15, -0.1) is 23.2 Å². The standard InChI is InChI=1S/C25H15Cl4F4NO2/c26-17-6-4-14(10-15(17)20(35)8-11-1-3-13(30)9-19(11)31)34-24(36)22-21(25(22,28)29)12-2-5-18(27)16(7-12)23(32)33/h1-7,9-10,21-23H,8H2,(H,34,36). The highest BCUT2D eigenvalue weighted by atomic mass is 35.5. The fourth-order valence-electron chi connectivity index (χ4n) is 3.96.